The number of urea groups is 1. The zero-order chi connectivity index (χ0) is 20.6. The van der Waals surface area contributed by atoms with Crippen molar-refractivity contribution in [2.45, 2.75) is 6.04 Å². The Bertz CT molecular complexity index is 936. The average molecular weight is 404 g/mol. The van der Waals surface area contributed by atoms with Crippen LogP contribution in [0, 0.1) is 0 Å². The Balaban J connectivity index is 1.34. The van der Waals surface area contributed by atoms with Crippen molar-refractivity contribution in [3.05, 3.63) is 79.1 Å². The normalized spacial score (nSPS) is 16.0. The van der Waals surface area contributed by atoms with Crippen LogP contribution in [0.15, 0.2) is 79.1 Å². The zero-order valence-electron chi connectivity index (χ0n) is 16.5. The molecule has 1 fully saturated rings. The van der Waals surface area contributed by atoms with Crippen molar-refractivity contribution in [1.82, 2.24) is 15.2 Å². The molecule has 2 N–H and O–H groups in total. The minimum Gasteiger partial charge on any atom is -0.490 e. The molecular formula is C23H24N4O3. The summed E-state index contributed by atoms with van der Waals surface area (Å²) in [6.45, 7) is 2.44. The van der Waals surface area contributed by atoms with Gasteiger partial charge in [-0.3, -0.25) is 4.98 Å². The highest BCUT2D eigenvalue weighted by atomic mass is 16.5. The van der Waals surface area contributed by atoms with Crippen molar-refractivity contribution >= 4 is 11.7 Å². The van der Waals surface area contributed by atoms with Gasteiger partial charge in [-0.05, 0) is 48.5 Å². The van der Waals surface area contributed by atoms with Crippen LogP contribution in [0.4, 0.5) is 10.5 Å². The molecule has 2 amide bonds. The van der Waals surface area contributed by atoms with E-state index in [1.807, 2.05) is 66.7 Å². The molecule has 1 aliphatic rings. The third-order valence-corrected chi connectivity index (χ3v) is 4.77. The smallest absolute Gasteiger partial charge is 0.322 e. The van der Waals surface area contributed by atoms with Gasteiger partial charge in [-0.2, -0.15) is 0 Å². The molecule has 0 saturated carbocycles. The Kier molecular flexibility index (Phi) is 6.41. The Labute approximate surface area is 175 Å². The van der Waals surface area contributed by atoms with Crippen molar-refractivity contribution in [3.8, 4) is 17.2 Å². The summed E-state index contributed by atoms with van der Waals surface area (Å²) in [4.78, 5) is 18.7. The van der Waals surface area contributed by atoms with E-state index in [1.54, 1.807) is 17.3 Å². The Morgan fingerprint density at radius 3 is 2.57 bits per heavy atom. The molecular weight excluding hydrogens is 380 g/mol. The first-order valence-corrected chi connectivity index (χ1v) is 9.92. The molecule has 1 saturated heterocycles. The van der Waals surface area contributed by atoms with Gasteiger partial charge in [0.15, 0.2) is 0 Å². The number of anilines is 1. The summed E-state index contributed by atoms with van der Waals surface area (Å²) < 4.78 is 11.6. The highest BCUT2D eigenvalue weighted by Gasteiger charge is 2.27. The van der Waals surface area contributed by atoms with Crippen molar-refractivity contribution < 1.29 is 14.3 Å². The largest absolute Gasteiger partial charge is 0.490 e. The maximum Gasteiger partial charge on any atom is 0.322 e. The fourth-order valence-electron chi connectivity index (χ4n) is 3.23. The van der Waals surface area contributed by atoms with E-state index in [4.69, 9.17) is 9.47 Å². The topological polar surface area (TPSA) is 75.7 Å². The van der Waals surface area contributed by atoms with Crippen LogP contribution in [0.1, 0.15) is 0 Å². The van der Waals surface area contributed by atoms with Gasteiger partial charge in [0.2, 0.25) is 0 Å². The molecule has 7 heteroatoms. The molecule has 2 heterocycles. The molecule has 0 aliphatic carbocycles. The third kappa shape index (κ3) is 5.27. The summed E-state index contributed by atoms with van der Waals surface area (Å²) in [5.41, 5.74) is 0.714. The standard InChI is InChI=1S/C23H24N4O3/c28-23(26-18-8-10-21(11-9-18)30-20-5-2-1-3-6-20)27-14-13-25-15-19(27)17-29-22-7-4-12-24-16-22/h1-12,16,19,25H,13-15,17H2,(H,26,28)/t19-/m1/s1. The van der Waals surface area contributed by atoms with Gasteiger partial charge in [0.05, 0.1) is 12.2 Å². The number of para-hydroxylation sites is 1. The molecule has 30 heavy (non-hydrogen) atoms. The van der Waals surface area contributed by atoms with Crippen LogP contribution in [0.3, 0.4) is 0 Å². The van der Waals surface area contributed by atoms with Gasteiger partial charge < -0.3 is 25.0 Å². The van der Waals surface area contributed by atoms with Crippen molar-refractivity contribution in [2.75, 3.05) is 31.6 Å². The number of amides is 2. The van der Waals surface area contributed by atoms with Crippen LogP contribution in [-0.4, -0.2) is 48.2 Å². The lowest BCUT2D eigenvalue weighted by Crippen LogP contribution is -2.57. The molecule has 0 spiro atoms. The van der Waals surface area contributed by atoms with E-state index in [9.17, 15) is 4.79 Å². The van der Waals surface area contributed by atoms with Crippen LogP contribution in [-0.2, 0) is 0 Å². The van der Waals surface area contributed by atoms with Crippen molar-refractivity contribution in [2.24, 2.45) is 0 Å². The predicted molar refractivity (Wildman–Crippen MR) is 115 cm³/mol. The number of ether oxygens (including phenoxy) is 2. The molecule has 7 nitrogen and oxygen atoms in total. The van der Waals surface area contributed by atoms with Crippen molar-refractivity contribution in [3.63, 3.8) is 0 Å². The number of carbonyl (C=O) groups is 1. The van der Waals surface area contributed by atoms with Gasteiger partial charge in [0, 0.05) is 31.5 Å². The van der Waals surface area contributed by atoms with E-state index in [1.165, 1.54) is 0 Å². The highest BCUT2D eigenvalue weighted by Crippen LogP contribution is 2.23. The van der Waals surface area contributed by atoms with E-state index in [0.29, 0.717) is 36.9 Å². The molecule has 154 valence electrons. The molecule has 3 aromatic rings. The first-order chi connectivity index (χ1) is 14.8. The van der Waals surface area contributed by atoms with Gasteiger partial charge in [-0.25, -0.2) is 4.79 Å². The minimum absolute atomic E-state index is 0.0698. The van der Waals surface area contributed by atoms with Crippen LogP contribution in [0.2, 0.25) is 0 Å². The Morgan fingerprint density at radius 2 is 1.80 bits per heavy atom. The monoisotopic (exact) mass is 404 g/mol. The van der Waals surface area contributed by atoms with E-state index in [0.717, 1.165) is 12.3 Å². The van der Waals surface area contributed by atoms with Gasteiger partial charge in [-0.1, -0.05) is 18.2 Å². The lowest BCUT2D eigenvalue weighted by molar-refractivity contribution is 0.133. The molecule has 1 atom stereocenters. The maximum atomic E-state index is 12.9. The number of hydrogen-bond acceptors (Lipinski definition) is 5. The quantitative estimate of drug-likeness (QED) is 0.654. The lowest BCUT2D eigenvalue weighted by Gasteiger charge is -2.35. The third-order valence-electron chi connectivity index (χ3n) is 4.77. The number of benzene rings is 2. The second-order valence-electron chi connectivity index (χ2n) is 6.92. The molecule has 1 aromatic heterocycles. The highest BCUT2D eigenvalue weighted by molar-refractivity contribution is 5.89. The zero-order valence-corrected chi connectivity index (χ0v) is 16.5. The molecule has 0 radical (unpaired) electrons. The number of aromatic nitrogens is 1. The molecule has 1 aliphatic heterocycles. The number of nitrogens with one attached hydrogen (secondary N) is 2. The fourth-order valence-corrected chi connectivity index (χ4v) is 3.23. The van der Waals surface area contributed by atoms with Gasteiger partial charge >= 0.3 is 6.03 Å². The summed E-state index contributed by atoms with van der Waals surface area (Å²) in [5, 5.41) is 6.28. The Morgan fingerprint density at radius 1 is 1.03 bits per heavy atom. The number of carbonyl (C=O) groups excluding carboxylic acids is 1. The molecule has 0 unspecified atom stereocenters. The second kappa shape index (κ2) is 9.76. The van der Waals surface area contributed by atoms with E-state index >= 15 is 0 Å². The summed E-state index contributed by atoms with van der Waals surface area (Å²) in [7, 11) is 0. The predicted octanol–water partition coefficient (Wildman–Crippen LogP) is 3.76. The lowest BCUT2D eigenvalue weighted by atomic mass is 10.2. The van der Waals surface area contributed by atoms with Crippen LogP contribution in [0.5, 0.6) is 17.2 Å². The molecule has 0 bridgehead atoms. The van der Waals surface area contributed by atoms with E-state index in [-0.39, 0.29) is 12.1 Å². The summed E-state index contributed by atoms with van der Waals surface area (Å²) in [6.07, 6.45) is 3.37. The Hall–Kier alpha value is -3.58. The van der Waals surface area contributed by atoms with E-state index < -0.39 is 0 Å². The minimum atomic E-state index is -0.145. The van der Waals surface area contributed by atoms with Crippen LogP contribution >= 0.6 is 0 Å². The fraction of sp³-hybridized carbons (Fsp3) is 0.217. The van der Waals surface area contributed by atoms with Gasteiger partial charge in [0.25, 0.3) is 0 Å². The second-order valence-corrected chi connectivity index (χ2v) is 6.92. The summed E-state index contributed by atoms with van der Waals surface area (Å²) >= 11 is 0. The molecule has 4 rings (SSSR count). The first-order valence-electron chi connectivity index (χ1n) is 9.92. The number of hydrogen-bond donors (Lipinski definition) is 2. The maximum absolute atomic E-state index is 12.9. The van der Waals surface area contributed by atoms with Gasteiger partial charge in [0.1, 0.15) is 23.9 Å². The number of piperazine rings is 1. The van der Waals surface area contributed by atoms with Crippen molar-refractivity contribution in [1.29, 1.82) is 0 Å². The van der Waals surface area contributed by atoms with Crippen LogP contribution in [0.25, 0.3) is 0 Å². The van der Waals surface area contributed by atoms with E-state index in [2.05, 4.69) is 15.6 Å². The number of rotatable bonds is 6. The summed E-state index contributed by atoms with van der Waals surface area (Å²) in [6, 6.07) is 20.4. The number of pyridine rings is 1. The van der Waals surface area contributed by atoms with Crippen LogP contribution < -0.4 is 20.1 Å². The summed E-state index contributed by atoms with van der Waals surface area (Å²) in [5.74, 6) is 2.17. The first kappa shape index (κ1) is 19.7. The SMILES string of the molecule is O=C(Nc1ccc(Oc2ccccc2)cc1)N1CCNC[C@@H]1COc1cccnc1. The van der Waals surface area contributed by atoms with Gasteiger partial charge in [-0.15, -0.1) is 0 Å². The number of nitrogens with zero attached hydrogens (tertiary/aromatic N) is 2. The average Bonchev–Trinajstić information content (AvgIpc) is 2.80. The molecule has 2 aromatic carbocycles.